The van der Waals surface area contributed by atoms with Gasteiger partial charge in [-0.05, 0) is 35.1 Å². The van der Waals surface area contributed by atoms with Crippen LogP contribution in [0, 0.1) is 10.8 Å². The summed E-state index contributed by atoms with van der Waals surface area (Å²) in [6.07, 6.45) is 0. The summed E-state index contributed by atoms with van der Waals surface area (Å²) in [5.74, 6) is -0.573. The van der Waals surface area contributed by atoms with Crippen LogP contribution in [0.4, 0.5) is 0 Å². The molecule has 0 spiro atoms. The maximum Gasteiger partial charge on any atom is 0.309 e. The summed E-state index contributed by atoms with van der Waals surface area (Å²) >= 11 is 0. The summed E-state index contributed by atoms with van der Waals surface area (Å²) in [6.45, 7) is 11.1. The summed E-state index contributed by atoms with van der Waals surface area (Å²) in [7, 11) is 5.99. The monoisotopic (exact) mass is 712 g/mol. The fraction of sp³-hybridized carbons (Fsp3) is 0.381. The van der Waals surface area contributed by atoms with Crippen molar-refractivity contribution in [2.75, 3.05) is 28.4 Å². The lowest BCUT2D eigenvalue weighted by molar-refractivity contribution is -0.144. The van der Waals surface area contributed by atoms with Gasteiger partial charge in [0.1, 0.15) is 34.2 Å². The highest BCUT2D eigenvalue weighted by atomic mass is 16.5. The van der Waals surface area contributed by atoms with Crippen LogP contribution in [0.15, 0.2) is 97.1 Å². The number of methoxy groups -OCH3 is 4. The number of aliphatic hydroxyl groups is 2. The van der Waals surface area contributed by atoms with E-state index in [4.69, 9.17) is 18.9 Å². The van der Waals surface area contributed by atoms with Crippen molar-refractivity contribution >= 4 is 11.8 Å². The third kappa shape index (κ3) is 7.59. The molecule has 4 aromatic rings. The lowest BCUT2D eigenvalue weighted by Gasteiger charge is -2.46. The molecule has 0 aliphatic carbocycles. The van der Waals surface area contributed by atoms with Crippen LogP contribution in [0.1, 0.15) is 63.8 Å². The van der Waals surface area contributed by atoms with E-state index >= 15 is 0 Å². The molecule has 4 aromatic carbocycles. The number of hydrogen-bond donors (Lipinski definition) is 4. The molecule has 2 atom stereocenters. The van der Waals surface area contributed by atoms with Crippen LogP contribution >= 0.6 is 0 Å². The van der Waals surface area contributed by atoms with Gasteiger partial charge in [-0.3, -0.25) is 9.59 Å². The standard InChI is InChI=1S/C42H52N2O8/c1-39(2,3)37(41(47,27-19-11-15-23-31(27)49-7)28-20-12-16-24-32(28)50-8)43-35(45)36(46)44-38(40(4,5)6)42(48,29-21-13-17-25-33(29)51-9)30-22-14-18-26-34(30)52-10/h11-26,37-38,47-48H,1-10H3,(H,43,45)(H,44,46). The molecule has 0 bridgehead atoms. The van der Waals surface area contributed by atoms with Crippen molar-refractivity contribution < 1.29 is 38.7 Å². The van der Waals surface area contributed by atoms with Gasteiger partial charge >= 0.3 is 11.8 Å². The SMILES string of the molecule is COc1ccccc1C(O)(c1ccccc1OC)C(NC(=O)C(=O)NC(C(C)(C)C)C(O)(c1ccccc1OC)c1ccccc1OC)C(C)(C)C. The maximum absolute atomic E-state index is 14.3. The van der Waals surface area contributed by atoms with Gasteiger partial charge in [0.05, 0.1) is 40.5 Å². The lowest BCUT2D eigenvalue weighted by atomic mass is 9.69. The predicted octanol–water partition coefficient (Wildman–Crippen LogP) is 5.95. The van der Waals surface area contributed by atoms with Gasteiger partial charge in [0.25, 0.3) is 0 Å². The van der Waals surface area contributed by atoms with Gasteiger partial charge < -0.3 is 39.8 Å². The molecule has 0 aliphatic heterocycles. The van der Waals surface area contributed by atoms with Gasteiger partial charge in [-0.25, -0.2) is 0 Å². The second kappa shape index (κ2) is 15.7. The smallest absolute Gasteiger partial charge is 0.309 e. The summed E-state index contributed by atoms with van der Waals surface area (Å²) in [6, 6.07) is 25.6. The molecule has 0 radical (unpaired) electrons. The highest BCUT2D eigenvalue weighted by molar-refractivity contribution is 6.35. The van der Waals surface area contributed by atoms with Crippen molar-refractivity contribution in [3.05, 3.63) is 119 Å². The van der Waals surface area contributed by atoms with Crippen LogP contribution in [0.25, 0.3) is 0 Å². The van der Waals surface area contributed by atoms with Gasteiger partial charge in [0.2, 0.25) is 0 Å². The molecule has 0 aromatic heterocycles. The molecular weight excluding hydrogens is 660 g/mol. The van der Waals surface area contributed by atoms with Crippen LogP contribution in [0.5, 0.6) is 23.0 Å². The molecule has 4 N–H and O–H groups in total. The Kier molecular flexibility index (Phi) is 12.0. The average Bonchev–Trinajstić information content (AvgIpc) is 3.14. The Balaban J connectivity index is 1.88. The molecule has 0 saturated carbocycles. The van der Waals surface area contributed by atoms with E-state index in [0.29, 0.717) is 45.3 Å². The number of rotatable bonds is 12. The van der Waals surface area contributed by atoms with E-state index in [9.17, 15) is 19.8 Å². The van der Waals surface area contributed by atoms with E-state index in [0.717, 1.165) is 0 Å². The Morgan fingerprint density at radius 2 is 0.673 bits per heavy atom. The number of amides is 2. The van der Waals surface area contributed by atoms with E-state index in [1.54, 1.807) is 97.1 Å². The van der Waals surface area contributed by atoms with Crippen LogP contribution < -0.4 is 29.6 Å². The van der Waals surface area contributed by atoms with Crippen molar-refractivity contribution in [1.82, 2.24) is 10.6 Å². The Morgan fingerprint density at radius 1 is 0.462 bits per heavy atom. The number of ether oxygens (including phenoxy) is 4. The minimum atomic E-state index is -1.97. The first-order valence-corrected chi connectivity index (χ1v) is 17.1. The van der Waals surface area contributed by atoms with Crippen molar-refractivity contribution in [3.8, 4) is 23.0 Å². The van der Waals surface area contributed by atoms with E-state index < -0.39 is 45.9 Å². The second-order valence-electron chi connectivity index (χ2n) is 14.9. The highest BCUT2D eigenvalue weighted by Gasteiger charge is 2.53. The number of benzene rings is 4. The van der Waals surface area contributed by atoms with Crippen molar-refractivity contribution in [2.45, 2.75) is 64.8 Å². The summed E-state index contributed by atoms with van der Waals surface area (Å²) < 4.78 is 22.8. The van der Waals surface area contributed by atoms with Crippen LogP contribution in [-0.2, 0) is 20.8 Å². The average molecular weight is 713 g/mol. The van der Waals surface area contributed by atoms with Gasteiger partial charge in [-0.1, -0.05) is 114 Å². The summed E-state index contributed by atoms with van der Waals surface area (Å²) in [5.41, 5.74) is -4.21. The molecule has 2 unspecified atom stereocenters. The summed E-state index contributed by atoms with van der Waals surface area (Å²) in [5, 5.41) is 31.9. The lowest BCUT2D eigenvalue weighted by Crippen LogP contribution is -2.63. The number of nitrogens with one attached hydrogen (secondary N) is 2. The number of hydrogen-bond acceptors (Lipinski definition) is 8. The van der Waals surface area contributed by atoms with Crippen molar-refractivity contribution in [2.24, 2.45) is 10.8 Å². The molecule has 4 rings (SSSR count). The Labute approximate surface area is 307 Å². The number of para-hydroxylation sites is 4. The van der Waals surface area contributed by atoms with Crippen LogP contribution in [0.3, 0.4) is 0 Å². The van der Waals surface area contributed by atoms with Gasteiger partial charge in [0, 0.05) is 22.3 Å². The number of carbonyl (C=O) groups is 2. The van der Waals surface area contributed by atoms with Crippen molar-refractivity contribution in [3.63, 3.8) is 0 Å². The van der Waals surface area contributed by atoms with E-state index in [2.05, 4.69) is 10.6 Å². The molecule has 0 aliphatic rings. The second-order valence-corrected chi connectivity index (χ2v) is 14.9. The molecule has 2 amide bonds. The quantitative estimate of drug-likeness (QED) is 0.132. The largest absolute Gasteiger partial charge is 0.496 e. The fourth-order valence-corrected chi connectivity index (χ4v) is 7.04. The minimum Gasteiger partial charge on any atom is -0.496 e. The third-order valence-corrected chi connectivity index (χ3v) is 9.40. The minimum absolute atomic E-state index is 0.358. The molecule has 0 heterocycles. The van der Waals surface area contributed by atoms with E-state index in [1.165, 1.54) is 28.4 Å². The Bertz CT molecular complexity index is 1630. The molecule has 10 heteroatoms. The normalized spacial score (nSPS) is 13.4. The molecule has 52 heavy (non-hydrogen) atoms. The molecule has 0 fully saturated rings. The van der Waals surface area contributed by atoms with Gasteiger partial charge in [0.15, 0.2) is 0 Å². The zero-order valence-corrected chi connectivity index (χ0v) is 31.7. The van der Waals surface area contributed by atoms with Crippen molar-refractivity contribution in [1.29, 1.82) is 0 Å². The number of carbonyl (C=O) groups excluding carboxylic acids is 2. The molecule has 10 nitrogen and oxygen atoms in total. The molecular formula is C42H52N2O8. The first-order valence-electron chi connectivity index (χ1n) is 17.1. The maximum atomic E-state index is 14.3. The summed E-state index contributed by atoms with van der Waals surface area (Å²) in [4.78, 5) is 28.6. The Hall–Kier alpha value is -5.06. The fourth-order valence-electron chi connectivity index (χ4n) is 7.04. The topological polar surface area (TPSA) is 136 Å². The van der Waals surface area contributed by atoms with Crippen LogP contribution in [-0.4, -0.2) is 62.6 Å². The van der Waals surface area contributed by atoms with Crippen LogP contribution in [0.2, 0.25) is 0 Å². The van der Waals surface area contributed by atoms with Gasteiger partial charge in [-0.2, -0.15) is 0 Å². The highest BCUT2D eigenvalue weighted by Crippen LogP contribution is 2.48. The Morgan fingerprint density at radius 3 is 0.865 bits per heavy atom. The third-order valence-electron chi connectivity index (χ3n) is 9.40. The zero-order valence-electron chi connectivity index (χ0n) is 31.7. The first kappa shape index (κ1) is 39.7. The molecule has 0 saturated heterocycles. The molecule has 278 valence electrons. The zero-order chi connectivity index (χ0) is 38.5. The van der Waals surface area contributed by atoms with Gasteiger partial charge in [-0.15, -0.1) is 0 Å². The first-order chi connectivity index (χ1) is 24.5. The van der Waals surface area contributed by atoms with E-state index in [-0.39, 0.29) is 0 Å². The predicted molar refractivity (Wildman–Crippen MR) is 201 cm³/mol. The van der Waals surface area contributed by atoms with E-state index in [1.807, 2.05) is 41.5 Å².